The van der Waals surface area contributed by atoms with Crippen LogP contribution < -0.4 is 5.32 Å². The smallest absolute Gasteiger partial charge is 0.183 e. The Balaban J connectivity index is 2.48. The quantitative estimate of drug-likeness (QED) is 0.725. The fourth-order valence-electron chi connectivity index (χ4n) is 1.12. The van der Waals surface area contributed by atoms with Gasteiger partial charge in [0.25, 0.3) is 0 Å². The third kappa shape index (κ3) is 1.54. The van der Waals surface area contributed by atoms with Crippen molar-refractivity contribution in [2.75, 3.05) is 12.4 Å². The number of aromatic nitrogens is 5. The zero-order valence-corrected chi connectivity index (χ0v) is 7.94. The number of H-pyrrole nitrogens is 1. The Morgan fingerprint density at radius 2 is 2.21 bits per heavy atom. The molecule has 0 aliphatic heterocycles. The molecule has 2 rings (SSSR count). The van der Waals surface area contributed by atoms with E-state index in [-0.39, 0.29) is 0 Å². The van der Waals surface area contributed by atoms with Gasteiger partial charge in [0, 0.05) is 18.8 Å². The molecular weight excluding hydrogens is 180 g/mol. The molecule has 0 amide bonds. The Hall–Kier alpha value is -1.98. The van der Waals surface area contributed by atoms with E-state index in [0.29, 0.717) is 11.5 Å². The monoisotopic (exact) mass is 190 g/mol. The van der Waals surface area contributed by atoms with E-state index >= 15 is 0 Å². The summed E-state index contributed by atoms with van der Waals surface area (Å²) in [5, 5.41) is 13.1. The van der Waals surface area contributed by atoms with Gasteiger partial charge < -0.3 is 5.32 Å². The van der Waals surface area contributed by atoms with Crippen molar-refractivity contribution in [2.45, 2.75) is 6.92 Å². The summed E-state index contributed by atoms with van der Waals surface area (Å²) in [6, 6.07) is 1.86. The van der Waals surface area contributed by atoms with Crippen molar-refractivity contribution in [3.05, 3.63) is 18.0 Å². The van der Waals surface area contributed by atoms with Crippen molar-refractivity contribution < 1.29 is 0 Å². The first-order chi connectivity index (χ1) is 6.79. The zero-order valence-electron chi connectivity index (χ0n) is 7.94. The number of hydrogen-bond acceptors (Lipinski definition) is 5. The Kier molecular flexibility index (Phi) is 2.10. The number of rotatable bonds is 2. The molecule has 14 heavy (non-hydrogen) atoms. The maximum atomic E-state index is 4.25. The molecule has 2 aromatic heterocycles. The van der Waals surface area contributed by atoms with E-state index in [9.17, 15) is 0 Å². The van der Waals surface area contributed by atoms with Crippen LogP contribution in [0.2, 0.25) is 0 Å². The van der Waals surface area contributed by atoms with Gasteiger partial charge in [-0.05, 0) is 6.92 Å². The average molecular weight is 190 g/mol. The molecule has 0 fully saturated rings. The molecular formula is C8H10N6. The highest BCUT2D eigenvalue weighted by molar-refractivity contribution is 5.51. The van der Waals surface area contributed by atoms with Crippen LogP contribution in [0.15, 0.2) is 12.3 Å². The topological polar surface area (TPSA) is 79.4 Å². The number of nitrogens with zero attached hydrogens (tertiary/aromatic N) is 4. The molecule has 0 bridgehead atoms. The fraction of sp³-hybridized carbons (Fsp3) is 0.250. The lowest BCUT2D eigenvalue weighted by atomic mass is 10.3. The molecule has 0 aliphatic rings. The van der Waals surface area contributed by atoms with Crippen LogP contribution in [0.25, 0.3) is 11.5 Å². The van der Waals surface area contributed by atoms with Crippen LogP contribution >= 0.6 is 0 Å². The molecule has 2 N–H and O–H groups in total. The molecule has 0 atom stereocenters. The van der Waals surface area contributed by atoms with Crippen molar-refractivity contribution in [1.82, 2.24) is 25.4 Å². The Bertz CT molecular complexity index is 421. The lowest BCUT2D eigenvalue weighted by Gasteiger charge is -2.02. The number of aryl methyl sites for hydroxylation is 1. The molecule has 6 nitrogen and oxygen atoms in total. The minimum Gasteiger partial charge on any atom is -0.373 e. The summed E-state index contributed by atoms with van der Waals surface area (Å²) in [4.78, 5) is 8.50. The van der Waals surface area contributed by atoms with E-state index < -0.39 is 0 Å². The average Bonchev–Trinajstić information content (AvgIpc) is 2.69. The van der Waals surface area contributed by atoms with Crippen molar-refractivity contribution >= 4 is 5.82 Å². The Morgan fingerprint density at radius 1 is 1.36 bits per heavy atom. The number of anilines is 1. The van der Waals surface area contributed by atoms with Crippen LogP contribution in [0, 0.1) is 6.92 Å². The predicted molar refractivity (Wildman–Crippen MR) is 51.7 cm³/mol. The van der Waals surface area contributed by atoms with E-state index in [1.54, 1.807) is 6.20 Å². The molecule has 2 heterocycles. The van der Waals surface area contributed by atoms with Crippen LogP contribution in [-0.2, 0) is 0 Å². The summed E-state index contributed by atoms with van der Waals surface area (Å²) < 4.78 is 0. The van der Waals surface area contributed by atoms with E-state index in [2.05, 4.69) is 30.7 Å². The lowest BCUT2D eigenvalue weighted by Crippen LogP contribution is -1.98. The van der Waals surface area contributed by atoms with Crippen LogP contribution in [0.3, 0.4) is 0 Å². The SMILES string of the molecule is CNc1cc(C)nc(-c2cn[nH]n2)n1. The van der Waals surface area contributed by atoms with Crippen molar-refractivity contribution in [3.8, 4) is 11.5 Å². The van der Waals surface area contributed by atoms with Gasteiger partial charge in [-0.2, -0.15) is 15.4 Å². The highest BCUT2D eigenvalue weighted by Crippen LogP contribution is 2.13. The summed E-state index contributed by atoms with van der Waals surface area (Å²) in [6.07, 6.45) is 1.59. The highest BCUT2D eigenvalue weighted by atomic mass is 15.3. The van der Waals surface area contributed by atoms with E-state index in [1.807, 2.05) is 20.0 Å². The van der Waals surface area contributed by atoms with Crippen molar-refractivity contribution in [3.63, 3.8) is 0 Å². The summed E-state index contributed by atoms with van der Waals surface area (Å²) in [6.45, 7) is 1.91. The summed E-state index contributed by atoms with van der Waals surface area (Å²) in [5.41, 5.74) is 1.53. The largest absolute Gasteiger partial charge is 0.373 e. The second kappa shape index (κ2) is 3.41. The van der Waals surface area contributed by atoms with Gasteiger partial charge in [-0.15, -0.1) is 0 Å². The first-order valence-corrected chi connectivity index (χ1v) is 4.19. The van der Waals surface area contributed by atoms with Gasteiger partial charge in [0.2, 0.25) is 0 Å². The van der Waals surface area contributed by atoms with E-state index in [1.165, 1.54) is 0 Å². The minimum atomic E-state index is 0.572. The maximum absolute atomic E-state index is 4.25. The molecule has 6 heteroatoms. The lowest BCUT2D eigenvalue weighted by molar-refractivity contribution is 0.937. The van der Waals surface area contributed by atoms with Gasteiger partial charge in [-0.3, -0.25) is 0 Å². The second-order valence-electron chi connectivity index (χ2n) is 2.82. The minimum absolute atomic E-state index is 0.572. The van der Waals surface area contributed by atoms with Crippen LogP contribution in [0.5, 0.6) is 0 Å². The zero-order chi connectivity index (χ0) is 9.97. The van der Waals surface area contributed by atoms with E-state index in [0.717, 1.165) is 11.5 Å². The van der Waals surface area contributed by atoms with Crippen molar-refractivity contribution in [2.24, 2.45) is 0 Å². The van der Waals surface area contributed by atoms with Crippen LogP contribution in [0.4, 0.5) is 5.82 Å². The van der Waals surface area contributed by atoms with Gasteiger partial charge in [0.15, 0.2) is 5.82 Å². The van der Waals surface area contributed by atoms with Gasteiger partial charge in [-0.1, -0.05) is 0 Å². The molecule has 0 unspecified atom stereocenters. The summed E-state index contributed by atoms with van der Waals surface area (Å²) in [7, 11) is 1.81. The molecule has 0 aliphatic carbocycles. The first-order valence-electron chi connectivity index (χ1n) is 4.19. The molecule has 0 saturated carbocycles. The molecule has 0 spiro atoms. The van der Waals surface area contributed by atoms with Gasteiger partial charge in [0.1, 0.15) is 11.5 Å². The number of nitrogens with one attached hydrogen (secondary N) is 2. The van der Waals surface area contributed by atoms with Gasteiger partial charge >= 0.3 is 0 Å². The third-order valence-electron chi connectivity index (χ3n) is 1.75. The van der Waals surface area contributed by atoms with E-state index in [4.69, 9.17) is 0 Å². The summed E-state index contributed by atoms with van der Waals surface area (Å²) in [5.74, 6) is 1.35. The molecule has 0 saturated heterocycles. The highest BCUT2D eigenvalue weighted by Gasteiger charge is 2.06. The predicted octanol–water partition coefficient (Wildman–Crippen LogP) is 0.612. The van der Waals surface area contributed by atoms with Crippen molar-refractivity contribution in [1.29, 1.82) is 0 Å². The molecule has 2 aromatic rings. The standard InChI is InChI=1S/C8H10N6/c1-5-3-7(9-2)12-8(11-5)6-4-10-14-13-6/h3-4H,1-2H3,(H,9,11,12)(H,10,13,14). The Labute approximate surface area is 80.8 Å². The molecule has 0 aromatic carbocycles. The molecule has 72 valence electrons. The second-order valence-corrected chi connectivity index (χ2v) is 2.82. The van der Waals surface area contributed by atoms with Gasteiger partial charge in [-0.25, -0.2) is 9.97 Å². The number of hydrogen-bond donors (Lipinski definition) is 2. The molecule has 0 radical (unpaired) electrons. The maximum Gasteiger partial charge on any atom is 0.183 e. The summed E-state index contributed by atoms with van der Waals surface area (Å²) >= 11 is 0. The fourth-order valence-corrected chi connectivity index (χ4v) is 1.12. The third-order valence-corrected chi connectivity index (χ3v) is 1.75. The normalized spacial score (nSPS) is 10.1. The Morgan fingerprint density at radius 3 is 2.86 bits per heavy atom. The van der Waals surface area contributed by atoms with Crippen LogP contribution in [0.1, 0.15) is 5.69 Å². The van der Waals surface area contributed by atoms with Crippen LogP contribution in [-0.4, -0.2) is 32.4 Å². The first kappa shape index (κ1) is 8.61. The van der Waals surface area contributed by atoms with Gasteiger partial charge in [0.05, 0.1) is 6.20 Å². The number of aromatic amines is 1.